The number of ether oxygens (including phenoxy) is 2. The maximum absolute atomic E-state index is 12.3. The third-order valence-corrected chi connectivity index (χ3v) is 11.8. The van der Waals surface area contributed by atoms with Gasteiger partial charge in [-0.25, -0.2) is 0 Å². The van der Waals surface area contributed by atoms with Crippen LogP contribution in [-0.4, -0.2) is 36.4 Å². The molecule has 0 aromatic carbocycles. The smallest absolute Gasteiger partial charge is 0.306 e. The van der Waals surface area contributed by atoms with Crippen LogP contribution in [0.4, 0.5) is 0 Å². The van der Waals surface area contributed by atoms with Crippen LogP contribution in [-0.2, 0) is 19.1 Å². The van der Waals surface area contributed by atoms with E-state index in [-0.39, 0.29) is 25.2 Å². The van der Waals surface area contributed by atoms with Crippen molar-refractivity contribution in [3.05, 3.63) is 158 Å². The third-order valence-electron chi connectivity index (χ3n) is 11.8. The number of unbranched alkanes of at least 4 members (excludes halogenated alkanes) is 17. The Balaban J connectivity index is 3.60. The monoisotopic (exact) mass is 991 g/mol. The van der Waals surface area contributed by atoms with Crippen LogP contribution in [0.25, 0.3) is 0 Å². The summed E-state index contributed by atoms with van der Waals surface area (Å²) in [6.45, 7) is 3.89. The van der Waals surface area contributed by atoms with Crippen molar-refractivity contribution in [3.63, 3.8) is 0 Å². The highest BCUT2D eigenvalue weighted by atomic mass is 16.6. The second-order valence-electron chi connectivity index (χ2n) is 18.6. The summed E-state index contributed by atoms with van der Waals surface area (Å²) in [6.07, 6.45) is 93.5. The highest BCUT2D eigenvalue weighted by Crippen LogP contribution is 2.14. The molecule has 1 unspecified atom stereocenters. The van der Waals surface area contributed by atoms with Crippen LogP contribution in [0.15, 0.2) is 158 Å². The van der Waals surface area contributed by atoms with Crippen molar-refractivity contribution in [1.82, 2.24) is 0 Å². The van der Waals surface area contributed by atoms with E-state index in [2.05, 4.69) is 172 Å². The fraction of sp³-hybridized carbons (Fsp3) is 0.582. The molecule has 0 saturated heterocycles. The molecule has 404 valence electrons. The summed E-state index contributed by atoms with van der Waals surface area (Å²) in [5, 5.41) is 9.67. The highest BCUT2D eigenvalue weighted by molar-refractivity contribution is 5.70. The topological polar surface area (TPSA) is 72.8 Å². The van der Waals surface area contributed by atoms with Crippen LogP contribution in [0.5, 0.6) is 0 Å². The lowest BCUT2D eigenvalue weighted by Crippen LogP contribution is -2.28. The van der Waals surface area contributed by atoms with Crippen LogP contribution >= 0.6 is 0 Å². The third kappa shape index (κ3) is 58.1. The van der Waals surface area contributed by atoms with Crippen LogP contribution in [0.3, 0.4) is 0 Å². The Kier molecular flexibility index (Phi) is 57.0. The Morgan fingerprint density at radius 3 is 0.833 bits per heavy atom. The maximum atomic E-state index is 12.3. The fourth-order valence-electron chi connectivity index (χ4n) is 7.54. The summed E-state index contributed by atoms with van der Waals surface area (Å²) >= 11 is 0. The molecule has 0 aromatic rings. The quantitative estimate of drug-likeness (QED) is 0.0373. The summed E-state index contributed by atoms with van der Waals surface area (Å²) in [7, 11) is 0. The van der Waals surface area contributed by atoms with Gasteiger partial charge in [0.25, 0.3) is 0 Å². The zero-order valence-corrected chi connectivity index (χ0v) is 46.1. The normalized spacial score (nSPS) is 13.4. The number of aliphatic hydroxyl groups excluding tert-OH is 1. The minimum atomic E-state index is -0.794. The van der Waals surface area contributed by atoms with Crippen molar-refractivity contribution in [2.45, 2.75) is 238 Å². The molecular weight excluding hydrogens is 885 g/mol. The van der Waals surface area contributed by atoms with Crippen molar-refractivity contribution >= 4 is 11.9 Å². The number of carbonyl (C=O) groups excluding carboxylic acids is 2. The zero-order valence-electron chi connectivity index (χ0n) is 46.1. The number of hydrogen-bond acceptors (Lipinski definition) is 5. The van der Waals surface area contributed by atoms with Crippen molar-refractivity contribution in [3.8, 4) is 0 Å². The number of aliphatic hydroxyl groups is 1. The Labute approximate surface area is 443 Å². The molecule has 0 aromatic heterocycles. The van der Waals surface area contributed by atoms with Gasteiger partial charge in [-0.15, -0.1) is 0 Å². The average molecular weight is 992 g/mol. The average Bonchev–Trinajstić information content (AvgIpc) is 3.38. The lowest BCUT2D eigenvalue weighted by Gasteiger charge is -2.15. The Morgan fingerprint density at radius 1 is 0.319 bits per heavy atom. The van der Waals surface area contributed by atoms with E-state index in [0.717, 1.165) is 128 Å². The molecular formula is C67H106O5. The summed E-state index contributed by atoms with van der Waals surface area (Å²) in [4.78, 5) is 24.6. The van der Waals surface area contributed by atoms with E-state index in [1.54, 1.807) is 0 Å². The largest absolute Gasteiger partial charge is 0.462 e. The van der Waals surface area contributed by atoms with E-state index >= 15 is 0 Å². The molecule has 0 aliphatic rings. The van der Waals surface area contributed by atoms with Crippen molar-refractivity contribution < 1.29 is 24.2 Å². The van der Waals surface area contributed by atoms with Crippen molar-refractivity contribution in [2.75, 3.05) is 13.2 Å². The number of hydrogen-bond donors (Lipinski definition) is 1. The first-order valence-electron chi connectivity index (χ1n) is 29.0. The lowest BCUT2D eigenvalue weighted by molar-refractivity contribution is -0.161. The number of carbonyl (C=O) groups is 2. The van der Waals surface area contributed by atoms with Gasteiger partial charge in [0.1, 0.15) is 6.61 Å². The minimum absolute atomic E-state index is 0.0832. The van der Waals surface area contributed by atoms with Gasteiger partial charge in [0.05, 0.1) is 6.61 Å². The molecule has 1 N–H and O–H groups in total. The maximum Gasteiger partial charge on any atom is 0.306 e. The lowest BCUT2D eigenvalue weighted by atomic mass is 10.1. The van der Waals surface area contributed by atoms with Gasteiger partial charge in [0.2, 0.25) is 0 Å². The summed E-state index contributed by atoms with van der Waals surface area (Å²) in [5.74, 6) is -0.618. The first-order valence-corrected chi connectivity index (χ1v) is 29.0. The Morgan fingerprint density at radius 2 is 0.556 bits per heavy atom. The molecule has 0 aliphatic heterocycles. The van der Waals surface area contributed by atoms with E-state index in [0.29, 0.717) is 12.8 Å². The van der Waals surface area contributed by atoms with Gasteiger partial charge in [0, 0.05) is 12.8 Å². The molecule has 1 atom stereocenters. The molecule has 0 saturated carbocycles. The van der Waals surface area contributed by atoms with Crippen LogP contribution < -0.4 is 0 Å². The van der Waals surface area contributed by atoms with Crippen LogP contribution in [0.2, 0.25) is 0 Å². The highest BCUT2D eigenvalue weighted by Gasteiger charge is 2.16. The Bertz CT molecular complexity index is 1590. The molecule has 0 aliphatic carbocycles. The minimum Gasteiger partial charge on any atom is -0.462 e. The molecule has 0 spiro atoms. The second kappa shape index (κ2) is 60.8. The second-order valence-corrected chi connectivity index (χ2v) is 18.6. The molecule has 5 heteroatoms. The van der Waals surface area contributed by atoms with Gasteiger partial charge in [-0.1, -0.05) is 255 Å². The molecule has 0 heterocycles. The van der Waals surface area contributed by atoms with Crippen molar-refractivity contribution in [2.24, 2.45) is 0 Å². The molecule has 5 nitrogen and oxygen atoms in total. The predicted octanol–water partition coefficient (Wildman–Crippen LogP) is 20.0. The van der Waals surface area contributed by atoms with E-state index in [1.807, 2.05) is 0 Å². The van der Waals surface area contributed by atoms with E-state index in [1.165, 1.54) is 77.0 Å². The summed E-state index contributed by atoms with van der Waals surface area (Å²) in [5.41, 5.74) is 0. The molecule has 0 fully saturated rings. The molecule has 0 amide bonds. The van der Waals surface area contributed by atoms with Gasteiger partial charge in [0.15, 0.2) is 6.10 Å². The summed E-state index contributed by atoms with van der Waals surface area (Å²) in [6, 6.07) is 0. The Hall–Kier alpha value is -4.48. The SMILES string of the molecule is CC/C=C\C/C=C\C/C=C\C/C=C\C/C=C\C/C=C\C/C=C\CCCCCCCCCC(=O)OC(CO)COC(=O)CCCCCCCCCCCC/C=C\C/C=C\C/C=C\C/C=C\C/C=C\C/C=C\CC. The van der Waals surface area contributed by atoms with Crippen molar-refractivity contribution in [1.29, 1.82) is 0 Å². The van der Waals surface area contributed by atoms with E-state index < -0.39 is 6.10 Å². The number of rotatable bonds is 51. The molecule has 0 rings (SSSR count). The van der Waals surface area contributed by atoms with Gasteiger partial charge >= 0.3 is 11.9 Å². The van der Waals surface area contributed by atoms with Crippen LogP contribution in [0.1, 0.15) is 232 Å². The van der Waals surface area contributed by atoms with Crippen LogP contribution in [0, 0.1) is 0 Å². The first kappa shape index (κ1) is 67.5. The molecule has 0 radical (unpaired) electrons. The number of allylic oxidation sites excluding steroid dienone is 26. The van der Waals surface area contributed by atoms with Gasteiger partial charge < -0.3 is 14.6 Å². The molecule has 72 heavy (non-hydrogen) atoms. The van der Waals surface area contributed by atoms with Gasteiger partial charge in [-0.2, -0.15) is 0 Å². The fourth-order valence-corrected chi connectivity index (χ4v) is 7.54. The predicted molar refractivity (Wildman–Crippen MR) is 315 cm³/mol. The van der Waals surface area contributed by atoms with Gasteiger partial charge in [-0.05, 0) is 122 Å². The van der Waals surface area contributed by atoms with E-state index in [4.69, 9.17) is 9.47 Å². The molecule has 0 bridgehead atoms. The summed E-state index contributed by atoms with van der Waals surface area (Å²) < 4.78 is 10.7. The number of esters is 2. The first-order chi connectivity index (χ1) is 35.6. The van der Waals surface area contributed by atoms with E-state index in [9.17, 15) is 14.7 Å². The standard InChI is InChI=1S/C67H106O5/c1-3-5-7-9-11-13-15-17-19-21-23-25-27-29-31-33-35-37-39-41-43-45-47-49-51-53-55-57-59-61-66(69)71-64-65(63-68)72-67(70)62-60-58-56-54-52-50-48-46-44-42-40-38-36-34-32-30-28-26-24-22-20-18-16-14-12-10-8-6-4-2/h5-8,11-14,17-20,23-26,29-32,35-38,42,44,65,68H,3-4,9-10,15-16,21-22,27-28,33-34,39-41,43,45-64H2,1-2H3/b7-5-,8-6-,13-11-,14-12-,19-17-,20-18-,25-23-,26-24-,31-29-,32-30-,37-35-,38-36-,44-42-. The van der Waals surface area contributed by atoms with Gasteiger partial charge in [-0.3, -0.25) is 9.59 Å². The zero-order chi connectivity index (χ0) is 52.0.